The molecule has 0 saturated carbocycles. The van der Waals surface area contributed by atoms with Crippen LogP contribution in [0.5, 0.6) is 17.2 Å². The van der Waals surface area contributed by atoms with E-state index >= 15 is 0 Å². The third-order valence-electron chi connectivity index (χ3n) is 3.80. The number of nitrogens with one attached hydrogen (secondary N) is 2. The second kappa shape index (κ2) is 12.7. The molecule has 1 heterocycles. The fourth-order valence-corrected chi connectivity index (χ4v) is 3.41. The van der Waals surface area contributed by atoms with Crippen molar-refractivity contribution in [2.45, 2.75) is 33.9 Å². The molecule has 6 nitrogen and oxygen atoms in total. The Balaban J connectivity index is 0.00000392. The Morgan fingerprint density at radius 3 is 2.25 bits per heavy atom. The molecule has 0 spiro atoms. The zero-order valence-corrected chi connectivity index (χ0v) is 20.3. The monoisotopic (exact) mass is 519 g/mol. The maximum atomic E-state index is 5.65. The summed E-state index contributed by atoms with van der Waals surface area (Å²) in [6.07, 6.45) is 0. The maximum absolute atomic E-state index is 5.65. The Kier molecular flexibility index (Phi) is 11.1. The maximum Gasteiger partial charge on any atom is 0.203 e. The highest BCUT2D eigenvalue weighted by Gasteiger charge is 2.13. The van der Waals surface area contributed by atoms with E-state index in [0.717, 1.165) is 24.6 Å². The molecule has 1 aromatic carbocycles. The average molecular weight is 519 g/mol. The van der Waals surface area contributed by atoms with Crippen LogP contribution in [-0.2, 0) is 13.1 Å². The van der Waals surface area contributed by atoms with E-state index in [9.17, 15) is 0 Å². The van der Waals surface area contributed by atoms with Gasteiger partial charge in [-0.15, -0.1) is 35.3 Å². The van der Waals surface area contributed by atoms with Crippen molar-refractivity contribution < 1.29 is 14.2 Å². The lowest BCUT2D eigenvalue weighted by molar-refractivity contribution is 0.288. The number of aliphatic imine (C=N–C) groups is 1. The van der Waals surface area contributed by atoms with E-state index in [1.807, 2.05) is 19.1 Å². The zero-order valence-electron chi connectivity index (χ0n) is 17.1. The van der Waals surface area contributed by atoms with Crippen molar-refractivity contribution in [3.8, 4) is 17.2 Å². The van der Waals surface area contributed by atoms with Crippen LogP contribution in [0.1, 0.15) is 29.2 Å². The smallest absolute Gasteiger partial charge is 0.203 e. The van der Waals surface area contributed by atoms with Crippen LogP contribution in [0.25, 0.3) is 0 Å². The molecule has 156 valence electrons. The minimum absolute atomic E-state index is 0. The van der Waals surface area contributed by atoms with Gasteiger partial charge < -0.3 is 24.8 Å². The summed E-state index contributed by atoms with van der Waals surface area (Å²) in [5, 5.41) is 6.65. The summed E-state index contributed by atoms with van der Waals surface area (Å²) in [5.74, 6) is 2.69. The number of halogens is 1. The zero-order chi connectivity index (χ0) is 19.6. The minimum atomic E-state index is 0. The second-order valence-corrected chi connectivity index (χ2v) is 7.20. The van der Waals surface area contributed by atoms with Gasteiger partial charge in [-0.1, -0.05) is 0 Å². The van der Waals surface area contributed by atoms with E-state index < -0.39 is 0 Å². The molecule has 0 bridgehead atoms. The summed E-state index contributed by atoms with van der Waals surface area (Å²) >= 11 is 1.79. The molecule has 0 aliphatic carbocycles. The van der Waals surface area contributed by atoms with Crippen molar-refractivity contribution in [3.05, 3.63) is 39.6 Å². The molecule has 2 N–H and O–H groups in total. The van der Waals surface area contributed by atoms with Crippen LogP contribution in [0, 0.1) is 6.92 Å². The molecule has 0 aliphatic rings. The average Bonchev–Trinajstić information content (AvgIpc) is 3.09. The highest BCUT2D eigenvalue weighted by Crippen LogP contribution is 2.38. The molecule has 28 heavy (non-hydrogen) atoms. The highest BCUT2D eigenvalue weighted by atomic mass is 127. The molecule has 2 aromatic rings. The molecule has 8 heteroatoms. The van der Waals surface area contributed by atoms with Gasteiger partial charge in [-0.3, -0.25) is 0 Å². The molecule has 0 fully saturated rings. The van der Waals surface area contributed by atoms with Gasteiger partial charge in [0, 0.05) is 16.3 Å². The van der Waals surface area contributed by atoms with E-state index in [1.54, 1.807) is 25.6 Å². The molecule has 0 radical (unpaired) electrons. The molecule has 2 rings (SSSR count). The fourth-order valence-electron chi connectivity index (χ4n) is 2.58. The lowest BCUT2D eigenvalue weighted by Crippen LogP contribution is -2.36. The Morgan fingerprint density at radius 1 is 1.07 bits per heavy atom. The van der Waals surface area contributed by atoms with Crippen molar-refractivity contribution >= 4 is 41.3 Å². The van der Waals surface area contributed by atoms with E-state index in [1.165, 1.54) is 9.75 Å². The largest absolute Gasteiger partial charge is 0.493 e. The van der Waals surface area contributed by atoms with E-state index in [4.69, 9.17) is 14.2 Å². The number of methoxy groups -OCH3 is 2. The highest BCUT2D eigenvalue weighted by molar-refractivity contribution is 14.0. The molecule has 0 amide bonds. The lowest BCUT2D eigenvalue weighted by atomic mass is 10.2. The SMILES string of the molecule is CCNC(=NCc1cc(OC)c(OCC)c(OC)c1)NCc1ccc(C)s1.I. The molecular weight excluding hydrogens is 489 g/mol. The summed E-state index contributed by atoms with van der Waals surface area (Å²) in [6.45, 7) is 8.68. The molecule has 1 aromatic heterocycles. The number of benzene rings is 1. The van der Waals surface area contributed by atoms with E-state index in [0.29, 0.717) is 30.4 Å². The standard InChI is InChI=1S/C20H29N3O3S.HI/c1-6-21-20(23-13-16-9-8-14(3)27-16)22-12-15-10-17(24-4)19(26-7-2)18(11-15)25-5;/h8-11H,6-7,12-13H2,1-5H3,(H2,21,22,23);1H. The first-order valence-electron chi connectivity index (χ1n) is 9.06. The predicted octanol–water partition coefficient (Wildman–Crippen LogP) is 4.35. The second-order valence-electron chi connectivity index (χ2n) is 5.82. The number of aryl methyl sites for hydroxylation is 1. The topological polar surface area (TPSA) is 64.1 Å². The van der Waals surface area contributed by atoms with Gasteiger partial charge in [0.1, 0.15) is 0 Å². The predicted molar refractivity (Wildman–Crippen MR) is 127 cm³/mol. The number of guanidine groups is 1. The van der Waals surface area contributed by atoms with E-state index in [2.05, 4.69) is 41.6 Å². The first-order valence-corrected chi connectivity index (χ1v) is 9.88. The first-order chi connectivity index (χ1) is 13.1. The van der Waals surface area contributed by atoms with Gasteiger partial charge >= 0.3 is 0 Å². The van der Waals surface area contributed by atoms with Crippen molar-refractivity contribution in [1.82, 2.24) is 10.6 Å². The van der Waals surface area contributed by atoms with Crippen LogP contribution < -0.4 is 24.8 Å². The summed E-state index contributed by atoms with van der Waals surface area (Å²) in [4.78, 5) is 7.27. The number of ether oxygens (including phenoxy) is 3. The third-order valence-corrected chi connectivity index (χ3v) is 4.80. The van der Waals surface area contributed by atoms with Crippen LogP contribution in [0.2, 0.25) is 0 Å². The van der Waals surface area contributed by atoms with Gasteiger partial charge in [0.2, 0.25) is 5.75 Å². The summed E-state index contributed by atoms with van der Waals surface area (Å²) in [6, 6.07) is 8.13. The van der Waals surface area contributed by atoms with Gasteiger partial charge in [0.05, 0.1) is 33.9 Å². The summed E-state index contributed by atoms with van der Waals surface area (Å²) in [5.41, 5.74) is 0.983. The number of hydrogen-bond acceptors (Lipinski definition) is 5. The quantitative estimate of drug-likeness (QED) is 0.293. The number of thiophene rings is 1. The Labute approximate surface area is 188 Å². The first kappa shape index (κ1) is 24.4. The molecular formula is C20H30IN3O3S. The normalized spacial score (nSPS) is 10.8. The van der Waals surface area contributed by atoms with Crippen LogP contribution >= 0.6 is 35.3 Å². The molecule has 0 atom stereocenters. The van der Waals surface area contributed by atoms with Crippen LogP contribution in [0.3, 0.4) is 0 Å². The molecule has 0 saturated heterocycles. The van der Waals surface area contributed by atoms with Crippen molar-refractivity contribution in [2.75, 3.05) is 27.4 Å². The van der Waals surface area contributed by atoms with Gasteiger partial charge in [0.25, 0.3) is 0 Å². The summed E-state index contributed by atoms with van der Waals surface area (Å²) < 4.78 is 16.6. The molecule has 0 unspecified atom stereocenters. The minimum Gasteiger partial charge on any atom is -0.493 e. The Hall–Kier alpha value is -1.68. The van der Waals surface area contributed by atoms with E-state index in [-0.39, 0.29) is 24.0 Å². The van der Waals surface area contributed by atoms with Crippen molar-refractivity contribution in [2.24, 2.45) is 4.99 Å². The summed E-state index contributed by atoms with van der Waals surface area (Å²) in [7, 11) is 3.25. The number of hydrogen-bond donors (Lipinski definition) is 2. The third kappa shape index (κ3) is 7.05. The van der Waals surface area contributed by atoms with Gasteiger partial charge in [-0.2, -0.15) is 0 Å². The van der Waals surface area contributed by atoms with Crippen LogP contribution in [0.4, 0.5) is 0 Å². The Bertz CT molecular complexity index is 740. The Morgan fingerprint density at radius 2 is 1.75 bits per heavy atom. The number of rotatable bonds is 9. The molecule has 0 aliphatic heterocycles. The van der Waals surface area contributed by atoms with Crippen molar-refractivity contribution in [3.63, 3.8) is 0 Å². The fraction of sp³-hybridized carbons (Fsp3) is 0.450. The van der Waals surface area contributed by atoms with Crippen LogP contribution in [0.15, 0.2) is 29.3 Å². The van der Waals surface area contributed by atoms with Gasteiger partial charge in [-0.05, 0) is 50.6 Å². The van der Waals surface area contributed by atoms with Gasteiger partial charge in [0.15, 0.2) is 17.5 Å². The van der Waals surface area contributed by atoms with Crippen molar-refractivity contribution in [1.29, 1.82) is 0 Å². The van der Waals surface area contributed by atoms with Gasteiger partial charge in [-0.25, -0.2) is 4.99 Å². The lowest BCUT2D eigenvalue weighted by Gasteiger charge is -2.15. The number of nitrogens with zero attached hydrogens (tertiary/aromatic N) is 1. The van der Waals surface area contributed by atoms with Crippen LogP contribution in [-0.4, -0.2) is 33.3 Å².